The van der Waals surface area contributed by atoms with Crippen LogP contribution in [-0.4, -0.2) is 12.9 Å². The van der Waals surface area contributed by atoms with Gasteiger partial charge in [0, 0.05) is 15.9 Å². The minimum absolute atomic E-state index is 0.0765. The third-order valence-electron chi connectivity index (χ3n) is 2.75. The summed E-state index contributed by atoms with van der Waals surface area (Å²) in [5.41, 5.74) is 0.976. The van der Waals surface area contributed by atoms with Crippen molar-refractivity contribution < 1.29 is 13.9 Å². The first-order chi connectivity index (χ1) is 9.49. The topological polar surface area (TPSA) is 26.3 Å². The molecule has 2 aromatic rings. The van der Waals surface area contributed by atoms with E-state index in [0.717, 1.165) is 0 Å². The highest BCUT2D eigenvalue weighted by Gasteiger charge is 2.14. The fourth-order valence-corrected chi connectivity index (χ4v) is 2.58. The molecule has 0 aliphatic rings. The SMILES string of the molecule is COc1ccc(Cl)cc1C(=O)Cc1cc(F)cc(Br)c1. The number of ketones is 1. The highest BCUT2D eigenvalue weighted by molar-refractivity contribution is 9.10. The molecule has 2 rings (SSSR count). The normalized spacial score (nSPS) is 10.4. The summed E-state index contributed by atoms with van der Waals surface area (Å²) in [5.74, 6) is -0.114. The van der Waals surface area contributed by atoms with Crippen molar-refractivity contribution in [1.29, 1.82) is 0 Å². The van der Waals surface area contributed by atoms with Gasteiger partial charge in [0.2, 0.25) is 0 Å². The van der Waals surface area contributed by atoms with Crippen molar-refractivity contribution in [3.05, 3.63) is 62.8 Å². The average molecular weight is 358 g/mol. The van der Waals surface area contributed by atoms with Crippen molar-refractivity contribution in [1.82, 2.24) is 0 Å². The van der Waals surface area contributed by atoms with Gasteiger partial charge in [-0.3, -0.25) is 4.79 Å². The number of Topliss-reactive ketones (excluding diaryl/α,β-unsaturated/α-hetero) is 1. The lowest BCUT2D eigenvalue weighted by atomic mass is 10.0. The molecule has 0 aliphatic carbocycles. The molecule has 104 valence electrons. The molecule has 0 radical (unpaired) electrons. The van der Waals surface area contributed by atoms with E-state index in [1.54, 1.807) is 24.3 Å². The Morgan fingerprint density at radius 1 is 1.30 bits per heavy atom. The number of rotatable bonds is 4. The first kappa shape index (κ1) is 15.0. The lowest BCUT2D eigenvalue weighted by Gasteiger charge is -2.08. The monoisotopic (exact) mass is 356 g/mol. The number of hydrogen-bond acceptors (Lipinski definition) is 2. The number of ether oxygens (including phenoxy) is 1. The van der Waals surface area contributed by atoms with Crippen molar-refractivity contribution in [3.63, 3.8) is 0 Å². The van der Waals surface area contributed by atoms with E-state index < -0.39 is 0 Å². The van der Waals surface area contributed by atoms with Crippen molar-refractivity contribution in [2.75, 3.05) is 7.11 Å². The maximum atomic E-state index is 13.3. The van der Waals surface area contributed by atoms with Gasteiger partial charge >= 0.3 is 0 Å². The van der Waals surface area contributed by atoms with Crippen LogP contribution in [0.1, 0.15) is 15.9 Å². The van der Waals surface area contributed by atoms with E-state index >= 15 is 0 Å². The van der Waals surface area contributed by atoms with Crippen molar-refractivity contribution in [2.24, 2.45) is 0 Å². The maximum Gasteiger partial charge on any atom is 0.171 e. The molecule has 0 aliphatic heterocycles. The standard InChI is InChI=1S/C15H11BrClFO2/c1-20-15-3-2-11(17)8-13(15)14(19)6-9-4-10(16)7-12(18)5-9/h2-5,7-8H,6H2,1H3. The fraction of sp³-hybridized carbons (Fsp3) is 0.133. The fourth-order valence-electron chi connectivity index (χ4n) is 1.89. The van der Waals surface area contributed by atoms with E-state index in [9.17, 15) is 9.18 Å². The van der Waals surface area contributed by atoms with Crippen LogP contribution in [0.3, 0.4) is 0 Å². The minimum Gasteiger partial charge on any atom is -0.496 e. The minimum atomic E-state index is -0.389. The number of carbonyl (C=O) groups excluding carboxylic acids is 1. The molecule has 2 aromatic carbocycles. The third kappa shape index (κ3) is 3.58. The van der Waals surface area contributed by atoms with Gasteiger partial charge in [0.25, 0.3) is 0 Å². The van der Waals surface area contributed by atoms with Crippen LogP contribution in [0, 0.1) is 5.82 Å². The molecule has 0 bridgehead atoms. The lowest BCUT2D eigenvalue weighted by Crippen LogP contribution is -2.06. The van der Waals surface area contributed by atoms with E-state index in [0.29, 0.717) is 26.4 Å². The molecule has 0 saturated carbocycles. The van der Waals surface area contributed by atoms with Crippen LogP contribution in [0.5, 0.6) is 5.75 Å². The average Bonchev–Trinajstić information content (AvgIpc) is 2.37. The summed E-state index contributed by atoms with van der Waals surface area (Å²) < 4.78 is 19.0. The molecule has 0 N–H and O–H groups in total. The molecule has 0 saturated heterocycles. The van der Waals surface area contributed by atoms with Crippen LogP contribution in [0.4, 0.5) is 4.39 Å². The Kier molecular flexibility index (Phi) is 4.78. The van der Waals surface area contributed by atoms with Gasteiger partial charge < -0.3 is 4.74 Å². The van der Waals surface area contributed by atoms with Crippen molar-refractivity contribution in [2.45, 2.75) is 6.42 Å². The predicted molar refractivity (Wildman–Crippen MR) is 80.1 cm³/mol. The van der Waals surface area contributed by atoms with E-state index in [-0.39, 0.29) is 18.0 Å². The quantitative estimate of drug-likeness (QED) is 0.743. The Balaban J connectivity index is 2.30. The highest BCUT2D eigenvalue weighted by atomic mass is 79.9. The summed E-state index contributed by atoms with van der Waals surface area (Å²) in [6.45, 7) is 0. The van der Waals surface area contributed by atoms with Crippen LogP contribution in [0.2, 0.25) is 5.02 Å². The highest BCUT2D eigenvalue weighted by Crippen LogP contribution is 2.25. The summed E-state index contributed by atoms with van der Waals surface area (Å²) >= 11 is 9.10. The molecule has 20 heavy (non-hydrogen) atoms. The van der Waals surface area contributed by atoms with Gasteiger partial charge in [-0.1, -0.05) is 27.5 Å². The summed E-state index contributed by atoms with van der Waals surface area (Å²) in [5, 5.41) is 0.453. The van der Waals surface area contributed by atoms with Crippen molar-refractivity contribution in [3.8, 4) is 5.75 Å². The molecular formula is C15H11BrClFO2. The number of carbonyl (C=O) groups is 1. The predicted octanol–water partition coefficient (Wildman–Crippen LogP) is 4.68. The first-order valence-corrected chi connectivity index (χ1v) is 6.98. The molecule has 0 aromatic heterocycles. The Morgan fingerprint density at radius 2 is 2.05 bits per heavy atom. The smallest absolute Gasteiger partial charge is 0.171 e. The van der Waals surface area contributed by atoms with Gasteiger partial charge in [0.05, 0.1) is 12.7 Å². The second-order valence-electron chi connectivity index (χ2n) is 4.22. The molecule has 0 heterocycles. The van der Waals surface area contributed by atoms with Crippen molar-refractivity contribution >= 4 is 33.3 Å². The molecule has 0 amide bonds. The second kappa shape index (κ2) is 6.37. The molecule has 0 unspecified atom stereocenters. The van der Waals surface area contributed by atoms with Gasteiger partial charge in [-0.2, -0.15) is 0 Å². The van der Waals surface area contributed by atoms with Crippen LogP contribution in [-0.2, 0) is 6.42 Å². The number of methoxy groups -OCH3 is 1. The number of hydrogen-bond donors (Lipinski definition) is 0. The van der Waals surface area contributed by atoms with E-state index in [1.165, 1.54) is 19.2 Å². The van der Waals surface area contributed by atoms with E-state index in [1.807, 2.05) is 0 Å². The molecule has 0 fully saturated rings. The molecule has 0 atom stereocenters. The van der Waals surface area contributed by atoms with Crippen LogP contribution in [0.15, 0.2) is 40.9 Å². The molecular weight excluding hydrogens is 347 g/mol. The summed E-state index contributed by atoms with van der Waals surface area (Å²) in [4.78, 5) is 12.3. The Bertz CT molecular complexity index is 638. The van der Waals surface area contributed by atoms with Gasteiger partial charge in [-0.05, 0) is 42.0 Å². The first-order valence-electron chi connectivity index (χ1n) is 5.81. The Morgan fingerprint density at radius 3 is 2.70 bits per heavy atom. The second-order valence-corrected chi connectivity index (χ2v) is 5.57. The summed E-state index contributed by atoms with van der Waals surface area (Å²) in [7, 11) is 1.48. The van der Waals surface area contributed by atoms with Crippen LogP contribution < -0.4 is 4.74 Å². The largest absolute Gasteiger partial charge is 0.496 e. The van der Waals surface area contributed by atoms with E-state index in [4.69, 9.17) is 16.3 Å². The zero-order valence-corrected chi connectivity index (χ0v) is 13.0. The Labute approximate surface area is 129 Å². The van der Waals surface area contributed by atoms with Crippen LogP contribution in [0.25, 0.3) is 0 Å². The zero-order valence-electron chi connectivity index (χ0n) is 10.6. The van der Waals surface area contributed by atoms with Gasteiger partial charge in [-0.15, -0.1) is 0 Å². The van der Waals surface area contributed by atoms with Crippen LogP contribution >= 0.6 is 27.5 Å². The summed E-state index contributed by atoms with van der Waals surface area (Å²) in [6, 6.07) is 9.22. The maximum absolute atomic E-state index is 13.3. The zero-order chi connectivity index (χ0) is 14.7. The van der Waals surface area contributed by atoms with Gasteiger partial charge in [0.1, 0.15) is 11.6 Å². The lowest BCUT2D eigenvalue weighted by molar-refractivity contribution is 0.0990. The van der Waals surface area contributed by atoms with Gasteiger partial charge in [0.15, 0.2) is 5.78 Å². The summed E-state index contributed by atoms with van der Waals surface area (Å²) in [6.07, 6.45) is 0.0765. The molecule has 0 spiro atoms. The van der Waals surface area contributed by atoms with Gasteiger partial charge in [-0.25, -0.2) is 4.39 Å². The number of benzene rings is 2. The number of halogens is 3. The Hall–Kier alpha value is -1.39. The molecule has 2 nitrogen and oxygen atoms in total. The third-order valence-corrected chi connectivity index (χ3v) is 3.44. The van der Waals surface area contributed by atoms with E-state index in [2.05, 4.69) is 15.9 Å². The molecule has 5 heteroatoms.